The summed E-state index contributed by atoms with van der Waals surface area (Å²) in [4.78, 5) is 12.0. The summed E-state index contributed by atoms with van der Waals surface area (Å²) in [7, 11) is 0. The molecule has 1 aliphatic heterocycles. The van der Waals surface area contributed by atoms with Gasteiger partial charge in [0.15, 0.2) is 0 Å². The van der Waals surface area contributed by atoms with Crippen LogP contribution in [0.4, 0.5) is 0 Å². The molecule has 144 valence electrons. The van der Waals surface area contributed by atoms with E-state index < -0.39 is 0 Å². The fraction of sp³-hybridized carbons (Fsp3) is 0.850. The monoisotopic (exact) mass is 464 g/mol. The highest BCUT2D eigenvalue weighted by atomic mass is 127. The molecule has 0 atom stereocenters. The van der Waals surface area contributed by atoms with Crippen molar-refractivity contribution in [3.8, 4) is 9.85 Å². The molecule has 1 heterocycles. The molecule has 1 rings (SSSR count). The first-order valence-electron chi connectivity index (χ1n) is 9.89. The molecule has 1 saturated heterocycles. The number of hydrogen-bond acceptors (Lipinski definition) is 3. The van der Waals surface area contributed by atoms with Gasteiger partial charge in [-0.15, -0.1) is 0 Å². The number of esters is 1. The minimum atomic E-state index is -0.0608. The van der Waals surface area contributed by atoms with Crippen molar-refractivity contribution in [1.82, 2.24) is 0 Å². The Hall–Kier alpha value is -0.320. The predicted octanol–water partition coefficient (Wildman–Crippen LogP) is 4.30. The third kappa shape index (κ3) is 11.1. The average Bonchev–Trinajstić information content (AvgIpc) is 2.64. The second-order valence-corrected chi connectivity index (χ2v) is 7.54. The van der Waals surface area contributed by atoms with Gasteiger partial charge in [-0.3, -0.25) is 4.79 Å². The number of quaternary nitrogens is 1. The number of rotatable bonds is 13. The Balaban J connectivity index is 2.09. The average molecular weight is 464 g/mol. The van der Waals surface area contributed by atoms with E-state index >= 15 is 0 Å². The lowest BCUT2D eigenvalue weighted by molar-refractivity contribution is -0.928. The molecule has 0 aromatic heterocycles. The molecule has 0 saturated carbocycles. The van der Waals surface area contributed by atoms with Crippen molar-refractivity contribution >= 4 is 28.6 Å². The largest absolute Gasteiger partial charge is 0.466 e. The first-order valence-corrected chi connectivity index (χ1v) is 11.0. The van der Waals surface area contributed by atoms with E-state index in [1.807, 2.05) is 0 Å². The molecule has 0 aliphatic carbocycles. The van der Waals surface area contributed by atoms with Crippen molar-refractivity contribution < 1.29 is 18.8 Å². The molecular formula is C20H35INO3+. The first kappa shape index (κ1) is 22.7. The Morgan fingerprint density at radius 1 is 1.08 bits per heavy atom. The molecule has 0 aromatic rings. The Labute approximate surface area is 167 Å². The van der Waals surface area contributed by atoms with Crippen molar-refractivity contribution in [2.75, 3.05) is 46.0 Å². The lowest BCUT2D eigenvalue weighted by atomic mass is 10.1. The summed E-state index contributed by atoms with van der Waals surface area (Å²) >= 11 is 2.08. The number of ether oxygens (including phenoxy) is 2. The normalized spacial score (nSPS) is 16.1. The van der Waals surface area contributed by atoms with Crippen molar-refractivity contribution in [3.63, 3.8) is 0 Å². The van der Waals surface area contributed by atoms with E-state index in [2.05, 4.69) is 39.4 Å². The highest BCUT2D eigenvalue weighted by Crippen LogP contribution is 2.13. The molecule has 1 aliphatic rings. The summed E-state index contributed by atoms with van der Waals surface area (Å²) in [5, 5.41) is 0. The van der Waals surface area contributed by atoms with Crippen molar-refractivity contribution in [1.29, 1.82) is 0 Å². The molecular weight excluding hydrogens is 429 g/mol. The number of nitrogens with zero attached hydrogens (tertiary/aromatic N) is 1. The Bertz CT molecular complexity index is 411. The molecule has 0 radical (unpaired) electrons. The van der Waals surface area contributed by atoms with Gasteiger partial charge in [0.05, 0.1) is 32.8 Å². The molecule has 0 amide bonds. The van der Waals surface area contributed by atoms with Crippen LogP contribution in [0.1, 0.15) is 64.7 Å². The maximum absolute atomic E-state index is 12.0. The van der Waals surface area contributed by atoms with E-state index in [4.69, 9.17) is 9.47 Å². The maximum Gasteiger partial charge on any atom is 0.311 e. The predicted molar refractivity (Wildman–Crippen MR) is 111 cm³/mol. The number of carbonyl (C=O) groups excluding carboxylic acids is 1. The molecule has 0 bridgehead atoms. The van der Waals surface area contributed by atoms with E-state index in [0.717, 1.165) is 50.3 Å². The van der Waals surface area contributed by atoms with Crippen LogP contribution < -0.4 is 0 Å². The van der Waals surface area contributed by atoms with E-state index in [1.165, 1.54) is 44.9 Å². The minimum absolute atomic E-state index is 0.0608. The second-order valence-electron chi connectivity index (χ2n) is 7.00. The van der Waals surface area contributed by atoms with Gasteiger partial charge in [-0.2, -0.15) is 0 Å². The van der Waals surface area contributed by atoms with Gasteiger partial charge in [0.25, 0.3) is 0 Å². The standard InChI is InChI=1S/C20H35INO3/c1-2-3-4-5-6-7-8-9-17-25-20(23)11-14-22(13-10-12-21)15-18-24-19-16-22/h2-9,11,13-19H2,1H3/q+1. The smallest absolute Gasteiger partial charge is 0.311 e. The molecule has 0 aromatic carbocycles. The van der Waals surface area contributed by atoms with Gasteiger partial charge in [-0.05, 0) is 16.3 Å². The van der Waals surface area contributed by atoms with E-state index in [0.29, 0.717) is 13.0 Å². The van der Waals surface area contributed by atoms with Gasteiger partial charge in [0, 0.05) is 22.6 Å². The summed E-state index contributed by atoms with van der Waals surface area (Å²) in [6.45, 7) is 7.83. The second kappa shape index (κ2) is 14.8. The van der Waals surface area contributed by atoms with Crippen LogP contribution >= 0.6 is 22.6 Å². The SMILES string of the molecule is CCCCCCCCCCOC(=O)CC[N+]1(CC#CI)CCOCC1. The van der Waals surface area contributed by atoms with Crippen molar-refractivity contribution in [3.05, 3.63) is 0 Å². The fourth-order valence-corrected chi connectivity index (χ4v) is 3.38. The number of unbranched alkanes of at least 4 members (excludes halogenated alkanes) is 7. The number of halogens is 1. The molecule has 0 unspecified atom stereocenters. The van der Waals surface area contributed by atoms with Crippen LogP contribution in [0.5, 0.6) is 0 Å². The molecule has 0 N–H and O–H groups in total. The quantitative estimate of drug-likeness (QED) is 0.134. The van der Waals surface area contributed by atoms with E-state index in [9.17, 15) is 4.79 Å². The maximum atomic E-state index is 12.0. The van der Waals surface area contributed by atoms with Crippen LogP contribution in [0.3, 0.4) is 0 Å². The van der Waals surface area contributed by atoms with Crippen LogP contribution in [0.2, 0.25) is 0 Å². The Morgan fingerprint density at radius 2 is 1.72 bits per heavy atom. The third-order valence-corrected chi connectivity index (χ3v) is 5.33. The zero-order chi connectivity index (χ0) is 18.2. The van der Waals surface area contributed by atoms with Gasteiger partial charge < -0.3 is 14.0 Å². The fourth-order valence-electron chi connectivity index (χ4n) is 3.21. The van der Waals surface area contributed by atoms with E-state index in [-0.39, 0.29) is 5.97 Å². The van der Waals surface area contributed by atoms with Crippen molar-refractivity contribution in [2.45, 2.75) is 64.7 Å². The first-order chi connectivity index (χ1) is 12.2. The van der Waals surface area contributed by atoms with Gasteiger partial charge in [0.2, 0.25) is 0 Å². The van der Waals surface area contributed by atoms with Crippen LogP contribution in [0.25, 0.3) is 0 Å². The third-order valence-electron chi connectivity index (χ3n) is 4.95. The summed E-state index contributed by atoms with van der Waals surface area (Å²) in [6.07, 6.45) is 10.6. The summed E-state index contributed by atoms with van der Waals surface area (Å²) in [5.74, 6) is 3.11. The molecule has 0 spiro atoms. The topological polar surface area (TPSA) is 35.5 Å². The number of morpholine rings is 1. The Morgan fingerprint density at radius 3 is 2.36 bits per heavy atom. The van der Waals surface area contributed by atoms with Crippen molar-refractivity contribution in [2.24, 2.45) is 0 Å². The Kier molecular flexibility index (Phi) is 13.5. The van der Waals surface area contributed by atoms with Crippen LogP contribution in [-0.2, 0) is 14.3 Å². The van der Waals surface area contributed by atoms with E-state index in [1.54, 1.807) is 0 Å². The van der Waals surface area contributed by atoms with Crippen LogP contribution in [0.15, 0.2) is 0 Å². The van der Waals surface area contributed by atoms with Gasteiger partial charge in [0.1, 0.15) is 19.6 Å². The lowest BCUT2D eigenvalue weighted by Gasteiger charge is -2.39. The summed E-state index contributed by atoms with van der Waals surface area (Å²) in [5.41, 5.74) is 0. The van der Waals surface area contributed by atoms with Crippen LogP contribution in [0, 0.1) is 9.85 Å². The minimum Gasteiger partial charge on any atom is -0.466 e. The van der Waals surface area contributed by atoms with Crippen LogP contribution in [-0.4, -0.2) is 56.5 Å². The zero-order valence-electron chi connectivity index (χ0n) is 15.9. The number of hydrogen-bond donors (Lipinski definition) is 0. The zero-order valence-corrected chi connectivity index (χ0v) is 18.0. The number of carbonyl (C=O) groups is 1. The molecule has 5 heteroatoms. The summed E-state index contributed by atoms with van der Waals surface area (Å²) in [6, 6.07) is 0. The lowest BCUT2D eigenvalue weighted by Crippen LogP contribution is -2.56. The highest BCUT2D eigenvalue weighted by molar-refractivity contribution is 14.1. The molecule has 4 nitrogen and oxygen atoms in total. The molecule has 1 fully saturated rings. The van der Waals surface area contributed by atoms with Gasteiger partial charge in [-0.1, -0.05) is 51.9 Å². The highest BCUT2D eigenvalue weighted by Gasteiger charge is 2.30. The summed E-state index contributed by atoms with van der Waals surface area (Å²) < 4.78 is 14.7. The van der Waals surface area contributed by atoms with Gasteiger partial charge in [-0.25, -0.2) is 0 Å². The van der Waals surface area contributed by atoms with Gasteiger partial charge >= 0.3 is 5.97 Å². The molecule has 25 heavy (non-hydrogen) atoms.